The third-order valence-corrected chi connectivity index (χ3v) is 5.22. The number of rotatable bonds is 5. The monoisotopic (exact) mass is 431 g/mol. The molecule has 0 aliphatic carbocycles. The second-order valence-corrected chi connectivity index (χ2v) is 7.67. The van der Waals surface area contributed by atoms with Crippen molar-refractivity contribution in [3.05, 3.63) is 57.8 Å². The molecular weight excluding hydrogens is 414 g/mol. The molecule has 0 aliphatic heterocycles. The minimum Gasteiger partial charge on any atom is -0.383 e. The second kappa shape index (κ2) is 7.51. The van der Waals surface area contributed by atoms with Gasteiger partial charge in [0.05, 0.1) is 5.75 Å². The van der Waals surface area contributed by atoms with Gasteiger partial charge in [-0.2, -0.15) is 0 Å². The van der Waals surface area contributed by atoms with E-state index in [1.807, 2.05) is 44.2 Å². The molecule has 0 fully saturated rings. The lowest BCUT2D eigenvalue weighted by atomic mass is 10.2. The second-order valence-electron chi connectivity index (χ2n) is 5.81. The zero-order valence-corrected chi connectivity index (χ0v) is 16.8. The summed E-state index contributed by atoms with van der Waals surface area (Å²) in [4.78, 5) is 20.9. The summed E-state index contributed by atoms with van der Waals surface area (Å²) in [5, 5.41) is 0.400. The van der Waals surface area contributed by atoms with Crippen molar-refractivity contribution < 1.29 is 4.79 Å². The maximum atomic E-state index is 12.7. The summed E-state index contributed by atoms with van der Waals surface area (Å²) in [5.74, 6) is 0.806. The Morgan fingerprint density at radius 2 is 1.85 bits per heavy atom. The zero-order valence-electron chi connectivity index (χ0n) is 14.4. The highest BCUT2D eigenvalue weighted by Crippen LogP contribution is 2.25. The highest BCUT2D eigenvalue weighted by atomic mass is 79.9. The van der Waals surface area contributed by atoms with Crippen LogP contribution in [0.25, 0.3) is 5.69 Å². The number of thioether (sulfide) groups is 1. The van der Waals surface area contributed by atoms with Crippen LogP contribution in [-0.2, 0) is 0 Å². The van der Waals surface area contributed by atoms with Gasteiger partial charge in [0.25, 0.3) is 0 Å². The van der Waals surface area contributed by atoms with Crippen molar-refractivity contribution in [1.29, 1.82) is 0 Å². The molecule has 3 rings (SSSR count). The number of nitrogen functional groups attached to an aromatic ring is 2. The van der Waals surface area contributed by atoms with Crippen molar-refractivity contribution in [2.24, 2.45) is 0 Å². The first-order chi connectivity index (χ1) is 12.3. The van der Waals surface area contributed by atoms with Crippen LogP contribution in [0.1, 0.15) is 21.7 Å². The molecule has 0 spiro atoms. The van der Waals surface area contributed by atoms with E-state index in [1.165, 1.54) is 17.8 Å². The van der Waals surface area contributed by atoms with Gasteiger partial charge in [0.2, 0.25) is 0 Å². The molecule has 4 N–H and O–H groups in total. The number of halogens is 1. The minimum absolute atomic E-state index is 0.00828. The Labute approximate surface area is 164 Å². The zero-order chi connectivity index (χ0) is 18.8. The summed E-state index contributed by atoms with van der Waals surface area (Å²) >= 11 is 4.71. The number of hydrogen-bond acceptors (Lipinski definition) is 6. The van der Waals surface area contributed by atoms with Gasteiger partial charge in [0, 0.05) is 33.2 Å². The Hall–Kier alpha value is -2.32. The standard InChI is InChI=1S/C18H18BrN5OS/c1-10-6-14(11(2)24(10)13-5-3-4-12(19)7-13)15(25)9-26-18-22-16(20)8-17(21)23-18/h3-8H,9H2,1-2H3,(H4,20,21,22,23). The van der Waals surface area contributed by atoms with Crippen LogP contribution < -0.4 is 11.5 Å². The number of Topliss-reactive ketones (excluding diaryl/α,β-unsaturated/α-hetero) is 1. The maximum Gasteiger partial charge on any atom is 0.191 e. The van der Waals surface area contributed by atoms with Gasteiger partial charge in [0.15, 0.2) is 10.9 Å². The van der Waals surface area contributed by atoms with Gasteiger partial charge in [-0.1, -0.05) is 33.8 Å². The van der Waals surface area contributed by atoms with E-state index < -0.39 is 0 Å². The third kappa shape index (κ3) is 3.91. The van der Waals surface area contributed by atoms with Gasteiger partial charge < -0.3 is 16.0 Å². The lowest BCUT2D eigenvalue weighted by Gasteiger charge is -2.10. The molecule has 0 saturated heterocycles. The molecule has 1 aromatic carbocycles. The first-order valence-electron chi connectivity index (χ1n) is 7.86. The van der Waals surface area contributed by atoms with E-state index in [9.17, 15) is 4.79 Å². The number of nitrogens with zero attached hydrogens (tertiary/aromatic N) is 3. The summed E-state index contributed by atoms with van der Waals surface area (Å²) in [6.07, 6.45) is 0. The number of carbonyl (C=O) groups is 1. The molecule has 2 heterocycles. The molecule has 26 heavy (non-hydrogen) atoms. The van der Waals surface area contributed by atoms with Crippen LogP contribution in [0.2, 0.25) is 0 Å². The number of anilines is 2. The van der Waals surface area contributed by atoms with Gasteiger partial charge in [-0.25, -0.2) is 9.97 Å². The highest BCUT2D eigenvalue weighted by Gasteiger charge is 2.17. The largest absolute Gasteiger partial charge is 0.383 e. The molecule has 0 amide bonds. The Bertz CT molecular complexity index is 965. The van der Waals surface area contributed by atoms with Gasteiger partial charge >= 0.3 is 0 Å². The SMILES string of the molecule is Cc1cc(C(=O)CSc2nc(N)cc(N)n2)c(C)n1-c1cccc(Br)c1. The number of ketones is 1. The lowest BCUT2D eigenvalue weighted by molar-refractivity contribution is 0.102. The van der Waals surface area contributed by atoms with E-state index in [1.54, 1.807) is 0 Å². The van der Waals surface area contributed by atoms with Crippen LogP contribution >= 0.6 is 27.7 Å². The average molecular weight is 432 g/mol. The summed E-state index contributed by atoms with van der Waals surface area (Å²) in [7, 11) is 0. The average Bonchev–Trinajstić information content (AvgIpc) is 2.86. The smallest absolute Gasteiger partial charge is 0.191 e. The number of hydrogen-bond donors (Lipinski definition) is 2. The van der Waals surface area contributed by atoms with Crippen molar-refractivity contribution in [3.63, 3.8) is 0 Å². The van der Waals surface area contributed by atoms with Crippen LogP contribution in [0.5, 0.6) is 0 Å². The number of benzene rings is 1. The van der Waals surface area contributed by atoms with Crippen LogP contribution in [0.15, 0.2) is 46.0 Å². The molecule has 0 saturated carbocycles. The molecular formula is C18H18BrN5OS. The summed E-state index contributed by atoms with van der Waals surface area (Å²) in [5.41, 5.74) is 14.9. The predicted molar refractivity (Wildman–Crippen MR) is 109 cm³/mol. The molecule has 8 heteroatoms. The van der Waals surface area contributed by atoms with E-state index in [4.69, 9.17) is 11.5 Å². The first-order valence-corrected chi connectivity index (χ1v) is 9.64. The van der Waals surface area contributed by atoms with Crippen LogP contribution in [-0.4, -0.2) is 26.1 Å². The van der Waals surface area contributed by atoms with E-state index in [2.05, 4.69) is 30.5 Å². The first kappa shape index (κ1) is 18.5. The topological polar surface area (TPSA) is 99.8 Å². The fraction of sp³-hybridized carbons (Fsp3) is 0.167. The Kier molecular flexibility index (Phi) is 5.33. The molecule has 3 aromatic rings. The van der Waals surface area contributed by atoms with Crippen molar-refractivity contribution in [2.75, 3.05) is 17.2 Å². The number of nitrogens with two attached hydrogens (primary N) is 2. The predicted octanol–water partition coefficient (Wildman–Crippen LogP) is 3.79. The summed E-state index contributed by atoms with van der Waals surface area (Å²) in [6, 6.07) is 11.4. The van der Waals surface area contributed by atoms with Gasteiger partial charge in [-0.05, 0) is 38.1 Å². The Morgan fingerprint density at radius 3 is 2.50 bits per heavy atom. The van der Waals surface area contributed by atoms with E-state index in [0.717, 1.165) is 21.5 Å². The van der Waals surface area contributed by atoms with E-state index in [-0.39, 0.29) is 11.5 Å². The van der Waals surface area contributed by atoms with Gasteiger partial charge in [-0.15, -0.1) is 0 Å². The maximum absolute atomic E-state index is 12.7. The van der Waals surface area contributed by atoms with Gasteiger partial charge in [0.1, 0.15) is 11.6 Å². The molecule has 6 nitrogen and oxygen atoms in total. The van der Waals surface area contributed by atoms with E-state index in [0.29, 0.717) is 22.4 Å². The number of aryl methyl sites for hydroxylation is 1. The molecule has 0 aliphatic rings. The van der Waals surface area contributed by atoms with Crippen molar-refractivity contribution in [2.45, 2.75) is 19.0 Å². The molecule has 0 bridgehead atoms. The molecule has 2 aromatic heterocycles. The molecule has 0 unspecified atom stereocenters. The summed E-state index contributed by atoms with van der Waals surface area (Å²) in [6.45, 7) is 3.93. The van der Waals surface area contributed by atoms with Crippen molar-refractivity contribution in [3.8, 4) is 5.69 Å². The van der Waals surface area contributed by atoms with Gasteiger partial charge in [-0.3, -0.25) is 4.79 Å². The highest BCUT2D eigenvalue weighted by molar-refractivity contribution is 9.10. The van der Waals surface area contributed by atoms with Crippen LogP contribution in [0.3, 0.4) is 0 Å². The van der Waals surface area contributed by atoms with Crippen LogP contribution in [0, 0.1) is 13.8 Å². The fourth-order valence-corrected chi connectivity index (χ4v) is 3.93. The minimum atomic E-state index is 0.00828. The molecule has 0 atom stereocenters. The van der Waals surface area contributed by atoms with Crippen molar-refractivity contribution in [1.82, 2.24) is 14.5 Å². The summed E-state index contributed by atoms with van der Waals surface area (Å²) < 4.78 is 3.06. The Balaban J connectivity index is 1.83. The third-order valence-electron chi connectivity index (χ3n) is 3.88. The Morgan fingerprint density at radius 1 is 1.15 bits per heavy atom. The normalized spacial score (nSPS) is 10.9. The van der Waals surface area contributed by atoms with Crippen LogP contribution in [0.4, 0.5) is 11.6 Å². The molecule has 0 radical (unpaired) electrons. The van der Waals surface area contributed by atoms with E-state index >= 15 is 0 Å². The van der Waals surface area contributed by atoms with Crippen molar-refractivity contribution >= 4 is 45.1 Å². The number of carbonyl (C=O) groups excluding carboxylic acids is 1. The molecule has 134 valence electrons. The lowest BCUT2D eigenvalue weighted by Crippen LogP contribution is -2.07. The quantitative estimate of drug-likeness (QED) is 0.362. The number of aromatic nitrogens is 3. The fourth-order valence-electron chi connectivity index (χ4n) is 2.79.